The van der Waals surface area contributed by atoms with Gasteiger partial charge in [0.15, 0.2) is 0 Å². The fourth-order valence-corrected chi connectivity index (χ4v) is 3.04. The average Bonchev–Trinajstić information content (AvgIpc) is 3.12. The molecule has 6 nitrogen and oxygen atoms in total. The van der Waals surface area contributed by atoms with Crippen molar-refractivity contribution in [1.29, 1.82) is 0 Å². The van der Waals surface area contributed by atoms with Crippen LogP contribution in [0, 0.1) is 26.6 Å². The standard InChI is InChI=1S/C20H24FN5O/c1-14-10-15(2)26(24-14)13-20(27)22-9-8-19-23-11-16(3)25(19)12-17-4-6-18(21)7-5-17/h4-7,10-11H,8-9,12-13H2,1-3H3,(H,22,27). The van der Waals surface area contributed by atoms with Crippen LogP contribution < -0.4 is 5.32 Å². The Bertz CT molecular complexity index is 927. The number of nitrogens with zero attached hydrogens (tertiary/aromatic N) is 4. The van der Waals surface area contributed by atoms with Gasteiger partial charge in [0.25, 0.3) is 0 Å². The minimum Gasteiger partial charge on any atom is -0.354 e. The Kier molecular flexibility index (Phi) is 5.69. The third-order valence-electron chi connectivity index (χ3n) is 4.46. The quantitative estimate of drug-likeness (QED) is 0.696. The van der Waals surface area contributed by atoms with Crippen molar-refractivity contribution in [1.82, 2.24) is 24.6 Å². The van der Waals surface area contributed by atoms with Crippen molar-refractivity contribution in [3.63, 3.8) is 0 Å². The number of rotatable bonds is 7. The van der Waals surface area contributed by atoms with Gasteiger partial charge in [-0.15, -0.1) is 0 Å². The van der Waals surface area contributed by atoms with Crippen molar-refractivity contribution in [2.24, 2.45) is 0 Å². The molecule has 0 saturated carbocycles. The number of amides is 1. The molecule has 0 unspecified atom stereocenters. The molecule has 142 valence electrons. The van der Waals surface area contributed by atoms with Gasteiger partial charge in [-0.1, -0.05) is 12.1 Å². The number of carbonyl (C=O) groups excluding carboxylic acids is 1. The van der Waals surface area contributed by atoms with Crippen LogP contribution in [0.1, 0.15) is 28.5 Å². The number of hydrogen-bond acceptors (Lipinski definition) is 3. The van der Waals surface area contributed by atoms with Crippen molar-refractivity contribution in [3.8, 4) is 0 Å². The topological polar surface area (TPSA) is 64.7 Å². The monoisotopic (exact) mass is 369 g/mol. The zero-order valence-electron chi connectivity index (χ0n) is 15.9. The largest absolute Gasteiger partial charge is 0.354 e. The summed E-state index contributed by atoms with van der Waals surface area (Å²) in [7, 11) is 0. The maximum atomic E-state index is 13.1. The molecule has 0 aliphatic heterocycles. The van der Waals surface area contributed by atoms with Crippen molar-refractivity contribution in [2.45, 2.75) is 40.3 Å². The van der Waals surface area contributed by atoms with E-state index in [2.05, 4.69) is 20.0 Å². The molecule has 0 fully saturated rings. The molecule has 0 aliphatic rings. The van der Waals surface area contributed by atoms with Crippen LogP contribution in [-0.4, -0.2) is 31.8 Å². The molecule has 0 saturated heterocycles. The Labute approximate surface area is 158 Å². The van der Waals surface area contributed by atoms with Gasteiger partial charge < -0.3 is 9.88 Å². The molecule has 0 radical (unpaired) electrons. The molecular formula is C20H24FN5O. The summed E-state index contributed by atoms with van der Waals surface area (Å²) in [5.41, 5.74) is 3.90. The lowest BCUT2D eigenvalue weighted by molar-refractivity contribution is -0.121. The van der Waals surface area contributed by atoms with Crippen LogP contribution in [0.25, 0.3) is 0 Å². The molecule has 0 aliphatic carbocycles. The summed E-state index contributed by atoms with van der Waals surface area (Å²) in [6, 6.07) is 8.41. The number of carbonyl (C=O) groups is 1. The molecule has 2 aromatic heterocycles. The molecular weight excluding hydrogens is 345 g/mol. The molecule has 1 N–H and O–H groups in total. The normalized spacial score (nSPS) is 11.0. The number of aromatic nitrogens is 4. The number of aryl methyl sites for hydroxylation is 3. The smallest absolute Gasteiger partial charge is 0.241 e. The predicted octanol–water partition coefficient (Wildman–Crippen LogP) is 2.55. The molecule has 27 heavy (non-hydrogen) atoms. The zero-order chi connectivity index (χ0) is 19.4. The first-order valence-corrected chi connectivity index (χ1v) is 8.95. The van der Waals surface area contributed by atoms with Crippen LogP contribution in [0.5, 0.6) is 0 Å². The molecule has 0 bridgehead atoms. The van der Waals surface area contributed by atoms with E-state index in [-0.39, 0.29) is 18.3 Å². The first-order chi connectivity index (χ1) is 12.9. The average molecular weight is 369 g/mol. The van der Waals surface area contributed by atoms with E-state index in [0.29, 0.717) is 19.5 Å². The fraction of sp³-hybridized carbons (Fsp3) is 0.350. The Morgan fingerprint density at radius 1 is 1.15 bits per heavy atom. The highest BCUT2D eigenvalue weighted by atomic mass is 19.1. The van der Waals surface area contributed by atoms with E-state index in [1.165, 1.54) is 12.1 Å². The minimum absolute atomic E-state index is 0.0745. The third kappa shape index (κ3) is 4.81. The van der Waals surface area contributed by atoms with Crippen molar-refractivity contribution >= 4 is 5.91 Å². The number of imidazole rings is 1. The zero-order valence-corrected chi connectivity index (χ0v) is 15.9. The molecule has 0 atom stereocenters. The number of benzene rings is 1. The maximum Gasteiger partial charge on any atom is 0.241 e. The van der Waals surface area contributed by atoms with Crippen LogP contribution in [0.2, 0.25) is 0 Å². The van der Waals surface area contributed by atoms with E-state index in [1.54, 1.807) is 16.8 Å². The second-order valence-corrected chi connectivity index (χ2v) is 6.71. The maximum absolute atomic E-state index is 13.1. The van der Waals surface area contributed by atoms with Crippen molar-refractivity contribution < 1.29 is 9.18 Å². The number of hydrogen-bond donors (Lipinski definition) is 1. The first-order valence-electron chi connectivity index (χ1n) is 8.95. The highest BCUT2D eigenvalue weighted by Crippen LogP contribution is 2.11. The minimum atomic E-state index is -0.244. The summed E-state index contributed by atoms with van der Waals surface area (Å²) in [5, 5.41) is 7.22. The molecule has 1 aromatic carbocycles. The van der Waals surface area contributed by atoms with Crippen LogP contribution in [-0.2, 0) is 24.3 Å². The van der Waals surface area contributed by atoms with Gasteiger partial charge in [-0.3, -0.25) is 9.48 Å². The Hall–Kier alpha value is -2.96. The summed E-state index contributed by atoms with van der Waals surface area (Å²) in [6.07, 6.45) is 2.44. The van der Waals surface area contributed by atoms with Gasteiger partial charge in [0.2, 0.25) is 5.91 Å². The molecule has 2 heterocycles. The van der Waals surface area contributed by atoms with E-state index < -0.39 is 0 Å². The second-order valence-electron chi connectivity index (χ2n) is 6.71. The van der Waals surface area contributed by atoms with Gasteiger partial charge in [0.1, 0.15) is 18.2 Å². The lowest BCUT2D eigenvalue weighted by Gasteiger charge is -2.11. The second kappa shape index (κ2) is 8.16. The fourth-order valence-electron chi connectivity index (χ4n) is 3.04. The molecule has 7 heteroatoms. The number of halogens is 1. The van der Waals surface area contributed by atoms with Gasteiger partial charge in [0.05, 0.1) is 5.69 Å². The summed E-state index contributed by atoms with van der Waals surface area (Å²) in [6.45, 7) is 7.16. The van der Waals surface area contributed by atoms with E-state index in [0.717, 1.165) is 28.5 Å². The Morgan fingerprint density at radius 3 is 2.56 bits per heavy atom. The summed E-state index contributed by atoms with van der Waals surface area (Å²) in [4.78, 5) is 16.6. The molecule has 3 aromatic rings. The van der Waals surface area contributed by atoms with E-state index in [4.69, 9.17) is 0 Å². The molecule has 0 spiro atoms. The summed E-state index contributed by atoms with van der Waals surface area (Å²) in [5.74, 6) is 0.574. The van der Waals surface area contributed by atoms with Crippen LogP contribution >= 0.6 is 0 Å². The first kappa shape index (κ1) is 18.8. The lowest BCUT2D eigenvalue weighted by atomic mass is 10.2. The van der Waals surface area contributed by atoms with Gasteiger partial charge in [0, 0.05) is 37.1 Å². The highest BCUT2D eigenvalue weighted by molar-refractivity contribution is 5.75. The van der Waals surface area contributed by atoms with E-state index >= 15 is 0 Å². The van der Waals surface area contributed by atoms with Gasteiger partial charge in [-0.05, 0) is 44.5 Å². The SMILES string of the molecule is Cc1cc(C)n(CC(=O)NCCc2ncc(C)n2Cc2ccc(F)cc2)n1. The third-order valence-corrected chi connectivity index (χ3v) is 4.46. The van der Waals surface area contributed by atoms with E-state index in [1.807, 2.05) is 33.0 Å². The van der Waals surface area contributed by atoms with E-state index in [9.17, 15) is 9.18 Å². The van der Waals surface area contributed by atoms with Crippen LogP contribution in [0.15, 0.2) is 36.5 Å². The highest BCUT2D eigenvalue weighted by Gasteiger charge is 2.10. The molecule has 1 amide bonds. The van der Waals surface area contributed by atoms with Gasteiger partial charge >= 0.3 is 0 Å². The summed E-state index contributed by atoms with van der Waals surface area (Å²) < 4.78 is 16.9. The van der Waals surface area contributed by atoms with Crippen LogP contribution in [0.3, 0.4) is 0 Å². The lowest BCUT2D eigenvalue weighted by Crippen LogP contribution is -2.30. The van der Waals surface area contributed by atoms with Crippen molar-refractivity contribution in [2.75, 3.05) is 6.54 Å². The van der Waals surface area contributed by atoms with Gasteiger partial charge in [-0.25, -0.2) is 9.37 Å². The predicted molar refractivity (Wildman–Crippen MR) is 101 cm³/mol. The molecule has 3 rings (SSSR count). The number of nitrogens with one attached hydrogen (secondary N) is 1. The summed E-state index contributed by atoms with van der Waals surface area (Å²) >= 11 is 0. The Morgan fingerprint density at radius 2 is 1.89 bits per heavy atom. The van der Waals surface area contributed by atoms with Gasteiger partial charge in [-0.2, -0.15) is 5.10 Å². The van der Waals surface area contributed by atoms with Crippen molar-refractivity contribution in [3.05, 3.63) is 70.8 Å². The Balaban J connectivity index is 1.56. The van der Waals surface area contributed by atoms with Crippen LogP contribution in [0.4, 0.5) is 4.39 Å².